The molecule has 1 aromatic carbocycles. The van der Waals surface area contributed by atoms with Crippen LogP contribution >= 0.6 is 0 Å². The fourth-order valence-electron chi connectivity index (χ4n) is 1.70. The van der Waals surface area contributed by atoms with Gasteiger partial charge in [0.2, 0.25) is 0 Å². The molecule has 0 saturated heterocycles. The molecule has 0 aliphatic heterocycles. The number of carbonyl (C=O) groups excluding carboxylic acids is 1. The van der Waals surface area contributed by atoms with Gasteiger partial charge in [0, 0.05) is 6.04 Å². The highest BCUT2D eigenvalue weighted by molar-refractivity contribution is 5.73. The van der Waals surface area contributed by atoms with Gasteiger partial charge in [0.05, 0.1) is 24.3 Å². The van der Waals surface area contributed by atoms with Crippen molar-refractivity contribution in [2.75, 3.05) is 12.4 Å². The second-order valence-corrected chi connectivity index (χ2v) is 4.35. The number of ether oxygens (including phenoxy) is 1. The van der Waals surface area contributed by atoms with Crippen molar-refractivity contribution in [3.8, 4) is 6.07 Å². The number of anilines is 1. The van der Waals surface area contributed by atoms with Crippen LogP contribution < -0.4 is 5.32 Å². The predicted octanol–water partition coefficient (Wildman–Crippen LogP) is 2.48. The first kappa shape index (κ1) is 14.0. The number of rotatable bonds is 4. The topological polar surface area (TPSA) is 62.1 Å². The summed E-state index contributed by atoms with van der Waals surface area (Å²) in [5, 5.41) is 12.3. The lowest BCUT2D eigenvalue weighted by Crippen LogP contribution is -2.31. The number of benzene rings is 1. The number of hydrogen-bond acceptors (Lipinski definition) is 4. The maximum Gasteiger partial charge on any atom is 0.310 e. The molecule has 1 rings (SSSR count). The third kappa shape index (κ3) is 3.01. The van der Waals surface area contributed by atoms with Gasteiger partial charge >= 0.3 is 5.97 Å². The van der Waals surface area contributed by atoms with E-state index >= 15 is 0 Å². The van der Waals surface area contributed by atoms with Crippen LogP contribution in [0.2, 0.25) is 0 Å². The average Bonchev–Trinajstić information content (AvgIpc) is 2.37. The minimum Gasteiger partial charge on any atom is -0.469 e. The molecule has 1 N–H and O–H groups in total. The van der Waals surface area contributed by atoms with Crippen LogP contribution in [-0.2, 0) is 9.53 Å². The third-order valence-electron chi connectivity index (χ3n) is 3.09. The lowest BCUT2D eigenvalue weighted by atomic mass is 10.0. The van der Waals surface area contributed by atoms with Gasteiger partial charge in [-0.15, -0.1) is 0 Å². The Labute approximate surface area is 108 Å². The molecular weight excluding hydrogens is 228 g/mol. The first-order valence-corrected chi connectivity index (χ1v) is 5.85. The fourth-order valence-corrected chi connectivity index (χ4v) is 1.70. The number of methoxy groups -OCH3 is 1. The second kappa shape index (κ2) is 6.06. The Morgan fingerprint density at radius 3 is 2.67 bits per heavy atom. The van der Waals surface area contributed by atoms with E-state index in [1.54, 1.807) is 6.92 Å². The minimum atomic E-state index is -0.276. The Balaban J connectivity index is 2.89. The van der Waals surface area contributed by atoms with E-state index in [0.29, 0.717) is 5.56 Å². The van der Waals surface area contributed by atoms with Gasteiger partial charge in [-0.3, -0.25) is 4.79 Å². The van der Waals surface area contributed by atoms with Crippen molar-refractivity contribution in [2.45, 2.75) is 26.8 Å². The van der Waals surface area contributed by atoms with E-state index in [1.165, 1.54) is 7.11 Å². The van der Waals surface area contributed by atoms with Crippen LogP contribution in [-0.4, -0.2) is 19.1 Å². The van der Waals surface area contributed by atoms with Gasteiger partial charge in [-0.1, -0.05) is 12.1 Å². The zero-order valence-corrected chi connectivity index (χ0v) is 11.2. The number of aryl methyl sites for hydroxylation is 1. The first-order valence-electron chi connectivity index (χ1n) is 5.85. The lowest BCUT2D eigenvalue weighted by Gasteiger charge is -2.21. The summed E-state index contributed by atoms with van der Waals surface area (Å²) in [4.78, 5) is 11.4. The molecule has 0 heterocycles. The normalized spacial score (nSPS) is 13.3. The number of nitriles is 1. The Bertz CT molecular complexity index is 477. The van der Waals surface area contributed by atoms with Crippen LogP contribution in [0.4, 0.5) is 5.69 Å². The Morgan fingerprint density at radius 2 is 2.11 bits per heavy atom. The molecule has 4 heteroatoms. The van der Waals surface area contributed by atoms with Crippen molar-refractivity contribution in [1.29, 1.82) is 5.26 Å². The minimum absolute atomic E-state index is 0.105. The van der Waals surface area contributed by atoms with Crippen LogP contribution in [0.25, 0.3) is 0 Å². The van der Waals surface area contributed by atoms with Gasteiger partial charge in [0.15, 0.2) is 0 Å². The number of nitrogens with zero attached hydrogens (tertiary/aromatic N) is 1. The Hall–Kier alpha value is -2.02. The smallest absolute Gasteiger partial charge is 0.310 e. The SMILES string of the molecule is COC(=O)C(C)C(C)Nc1cccc(C)c1C#N. The van der Waals surface area contributed by atoms with Gasteiger partial charge < -0.3 is 10.1 Å². The maximum absolute atomic E-state index is 11.4. The molecule has 0 fully saturated rings. The van der Waals surface area contributed by atoms with E-state index in [4.69, 9.17) is 10.00 Å². The fraction of sp³-hybridized carbons (Fsp3) is 0.429. The zero-order chi connectivity index (χ0) is 13.7. The van der Waals surface area contributed by atoms with Crippen molar-refractivity contribution in [3.05, 3.63) is 29.3 Å². The summed E-state index contributed by atoms with van der Waals surface area (Å²) in [7, 11) is 1.37. The summed E-state index contributed by atoms with van der Waals surface area (Å²) < 4.78 is 4.71. The van der Waals surface area contributed by atoms with Gasteiger partial charge in [-0.25, -0.2) is 0 Å². The molecule has 96 valence electrons. The molecule has 0 saturated carbocycles. The highest BCUT2D eigenvalue weighted by Gasteiger charge is 2.21. The van der Waals surface area contributed by atoms with Crippen LogP contribution in [0.3, 0.4) is 0 Å². The van der Waals surface area contributed by atoms with Crippen molar-refractivity contribution < 1.29 is 9.53 Å². The number of carbonyl (C=O) groups is 1. The Kier molecular flexibility index (Phi) is 4.73. The van der Waals surface area contributed by atoms with Crippen LogP contribution in [0, 0.1) is 24.2 Å². The van der Waals surface area contributed by atoms with Gasteiger partial charge in [-0.05, 0) is 32.4 Å². The maximum atomic E-state index is 11.4. The number of hydrogen-bond donors (Lipinski definition) is 1. The van der Waals surface area contributed by atoms with E-state index in [2.05, 4.69) is 11.4 Å². The van der Waals surface area contributed by atoms with Crippen molar-refractivity contribution in [2.24, 2.45) is 5.92 Å². The van der Waals surface area contributed by atoms with Crippen molar-refractivity contribution in [1.82, 2.24) is 0 Å². The molecule has 1 aromatic rings. The zero-order valence-electron chi connectivity index (χ0n) is 11.2. The standard InChI is InChI=1S/C14H18N2O2/c1-9-6-5-7-13(12(9)8-15)16-11(3)10(2)14(17)18-4/h5-7,10-11,16H,1-4H3. The predicted molar refractivity (Wildman–Crippen MR) is 70.2 cm³/mol. The quantitative estimate of drug-likeness (QED) is 0.829. The summed E-state index contributed by atoms with van der Waals surface area (Å²) >= 11 is 0. The molecule has 0 bridgehead atoms. The molecule has 18 heavy (non-hydrogen) atoms. The molecule has 0 aromatic heterocycles. The monoisotopic (exact) mass is 246 g/mol. The van der Waals surface area contributed by atoms with Crippen LogP contribution in [0.15, 0.2) is 18.2 Å². The highest BCUT2D eigenvalue weighted by atomic mass is 16.5. The molecule has 0 aliphatic rings. The largest absolute Gasteiger partial charge is 0.469 e. The van der Waals surface area contributed by atoms with E-state index in [1.807, 2.05) is 32.0 Å². The third-order valence-corrected chi connectivity index (χ3v) is 3.09. The Morgan fingerprint density at radius 1 is 1.44 bits per heavy atom. The second-order valence-electron chi connectivity index (χ2n) is 4.35. The summed E-state index contributed by atoms with van der Waals surface area (Å²) in [5.74, 6) is -0.539. The van der Waals surface area contributed by atoms with Gasteiger partial charge in [0.25, 0.3) is 0 Å². The van der Waals surface area contributed by atoms with E-state index in [-0.39, 0.29) is 17.9 Å². The summed E-state index contributed by atoms with van der Waals surface area (Å²) in [5.41, 5.74) is 2.28. The lowest BCUT2D eigenvalue weighted by molar-refractivity contribution is -0.145. The average molecular weight is 246 g/mol. The molecule has 2 unspecified atom stereocenters. The molecule has 0 radical (unpaired) electrons. The van der Waals surface area contributed by atoms with Crippen LogP contribution in [0.1, 0.15) is 25.0 Å². The van der Waals surface area contributed by atoms with Gasteiger partial charge in [-0.2, -0.15) is 5.26 Å². The van der Waals surface area contributed by atoms with E-state index in [9.17, 15) is 4.79 Å². The summed E-state index contributed by atoms with van der Waals surface area (Å²) in [6.45, 7) is 5.58. The molecule has 0 aliphatic carbocycles. The van der Waals surface area contributed by atoms with E-state index < -0.39 is 0 Å². The van der Waals surface area contributed by atoms with Gasteiger partial charge in [0.1, 0.15) is 6.07 Å². The van der Waals surface area contributed by atoms with Crippen LogP contribution in [0.5, 0.6) is 0 Å². The van der Waals surface area contributed by atoms with E-state index in [0.717, 1.165) is 11.3 Å². The highest BCUT2D eigenvalue weighted by Crippen LogP contribution is 2.21. The molecule has 0 amide bonds. The van der Waals surface area contributed by atoms with Crippen molar-refractivity contribution in [3.63, 3.8) is 0 Å². The first-order chi connectivity index (χ1) is 8.51. The number of esters is 1. The molecule has 0 spiro atoms. The molecule has 2 atom stereocenters. The number of nitrogens with one attached hydrogen (secondary N) is 1. The summed E-state index contributed by atoms with van der Waals surface area (Å²) in [6.07, 6.45) is 0. The van der Waals surface area contributed by atoms with Crippen molar-refractivity contribution >= 4 is 11.7 Å². The summed E-state index contributed by atoms with van der Waals surface area (Å²) in [6, 6.07) is 7.68. The molecule has 4 nitrogen and oxygen atoms in total. The molecular formula is C14H18N2O2.